The highest BCUT2D eigenvalue weighted by Crippen LogP contribution is 2.35. The van der Waals surface area contributed by atoms with E-state index in [0.29, 0.717) is 10.8 Å². The maximum absolute atomic E-state index is 2.53. The van der Waals surface area contributed by atoms with Crippen LogP contribution in [0.25, 0.3) is 0 Å². The molecule has 0 saturated carbocycles. The third kappa shape index (κ3) is 10.6. The second-order valence-corrected chi connectivity index (χ2v) is 11.4. The molecule has 0 N–H and O–H groups in total. The molecule has 0 amide bonds. The quantitative estimate of drug-likeness (QED) is 0.339. The van der Waals surface area contributed by atoms with Crippen LogP contribution in [0, 0.1) is 28.6 Å². The van der Waals surface area contributed by atoms with Crippen molar-refractivity contribution in [3.63, 3.8) is 0 Å². The molecule has 1 heteroatoms. The van der Waals surface area contributed by atoms with Crippen LogP contribution in [0.5, 0.6) is 0 Å². The van der Waals surface area contributed by atoms with Gasteiger partial charge in [0.05, 0.1) is 26.2 Å². The minimum atomic E-state index is 0.439. The van der Waals surface area contributed by atoms with Crippen molar-refractivity contribution < 1.29 is 4.48 Å². The molecule has 3 atom stereocenters. The standard InChI is InChI=1S/C24H52N/c1-12-25(13-2,14-3)19-22(21(5)18-24(9,10)11)16-15-20(4)17-23(6,7)8/h20-22H,12-19H2,1-11H3/q+1. The third-order valence-electron chi connectivity index (χ3n) is 6.36. The lowest BCUT2D eigenvalue weighted by atomic mass is 9.75. The van der Waals surface area contributed by atoms with Crippen LogP contribution in [0.4, 0.5) is 0 Å². The number of hydrogen-bond acceptors (Lipinski definition) is 0. The molecule has 0 bridgehead atoms. The predicted molar refractivity (Wildman–Crippen MR) is 116 cm³/mol. The molecular formula is C24H52N+. The Labute approximate surface area is 161 Å². The van der Waals surface area contributed by atoms with Crippen molar-refractivity contribution in [2.75, 3.05) is 26.2 Å². The molecule has 0 saturated heterocycles. The summed E-state index contributed by atoms with van der Waals surface area (Å²) >= 11 is 0. The zero-order valence-electron chi connectivity index (χ0n) is 19.8. The lowest BCUT2D eigenvalue weighted by Gasteiger charge is -2.41. The Morgan fingerprint density at radius 3 is 1.48 bits per heavy atom. The Balaban J connectivity index is 5.07. The molecule has 0 aromatic heterocycles. The summed E-state index contributed by atoms with van der Waals surface area (Å²) in [7, 11) is 0. The summed E-state index contributed by atoms with van der Waals surface area (Å²) in [5.41, 5.74) is 0.900. The van der Waals surface area contributed by atoms with E-state index in [2.05, 4.69) is 76.2 Å². The zero-order chi connectivity index (χ0) is 19.9. The largest absolute Gasteiger partial charge is 0.324 e. The average Bonchev–Trinajstić information content (AvgIpc) is 2.44. The molecule has 3 unspecified atom stereocenters. The van der Waals surface area contributed by atoms with Gasteiger partial charge in [-0.25, -0.2) is 0 Å². The molecule has 0 aliphatic rings. The summed E-state index contributed by atoms with van der Waals surface area (Å²) in [5, 5.41) is 0. The van der Waals surface area contributed by atoms with E-state index >= 15 is 0 Å². The van der Waals surface area contributed by atoms with Gasteiger partial charge in [0.25, 0.3) is 0 Å². The summed E-state index contributed by atoms with van der Waals surface area (Å²) in [4.78, 5) is 0. The van der Waals surface area contributed by atoms with Gasteiger partial charge in [-0.1, -0.05) is 61.8 Å². The number of rotatable bonds is 11. The molecule has 0 radical (unpaired) electrons. The van der Waals surface area contributed by atoms with Crippen molar-refractivity contribution in [3.05, 3.63) is 0 Å². The van der Waals surface area contributed by atoms with Gasteiger partial charge in [0, 0.05) is 5.92 Å². The fourth-order valence-electron chi connectivity index (χ4n) is 4.89. The maximum atomic E-state index is 2.53. The first-order valence-electron chi connectivity index (χ1n) is 11.1. The van der Waals surface area contributed by atoms with Crippen LogP contribution < -0.4 is 0 Å². The van der Waals surface area contributed by atoms with Crippen LogP contribution in [0.3, 0.4) is 0 Å². The number of quaternary nitrogens is 1. The van der Waals surface area contributed by atoms with Gasteiger partial charge in [-0.05, 0) is 62.7 Å². The normalized spacial score (nSPS) is 17.4. The van der Waals surface area contributed by atoms with E-state index in [1.165, 1.54) is 56.3 Å². The minimum absolute atomic E-state index is 0.439. The number of hydrogen-bond donors (Lipinski definition) is 0. The van der Waals surface area contributed by atoms with Gasteiger partial charge in [-0.2, -0.15) is 0 Å². The number of nitrogens with zero attached hydrogens (tertiary/aromatic N) is 1. The van der Waals surface area contributed by atoms with E-state index in [-0.39, 0.29) is 0 Å². The molecule has 0 aliphatic heterocycles. The zero-order valence-corrected chi connectivity index (χ0v) is 19.8. The minimum Gasteiger partial charge on any atom is -0.324 e. The van der Waals surface area contributed by atoms with Crippen LogP contribution in [-0.2, 0) is 0 Å². The van der Waals surface area contributed by atoms with Crippen molar-refractivity contribution in [2.45, 2.75) is 102 Å². The second kappa shape index (κ2) is 10.3. The topological polar surface area (TPSA) is 0 Å². The first kappa shape index (κ1) is 25.0. The molecule has 152 valence electrons. The first-order valence-corrected chi connectivity index (χ1v) is 11.1. The van der Waals surface area contributed by atoms with E-state index in [9.17, 15) is 0 Å². The van der Waals surface area contributed by atoms with Crippen molar-refractivity contribution >= 4 is 0 Å². The Kier molecular flexibility index (Phi) is 10.3. The molecule has 0 aliphatic carbocycles. The van der Waals surface area contributed by atoms with E-state index in [0.717, 1.165) is 17.8 Å². The van der Waals surface area contributed by atoms with Crippen molar-refractivity contribution in [1.82, 2.24) is 0 Å². The molecular weight excluding hydrogens is 302 g/mol. The SMILES string of the molecule is CC[N+](CC)(CC)CC(CCC(C)CC(C)(C)C)C(C)CC(C)(C)C. The van der Waals surface area contributed by atoms with Gasteiger partial charge < -0.3 is 4.48 Å². The van der Waals surface area contributed by atoms with Crippen molar-refractivity contribution in [1.29, 1.82) is 0 Å². The molecule has 0 aromatic rings. The van der Waals surface area contributed by atoms with Crippen LogP contribution >= 0.6 is 0 Å². The van der Waals surface area contributed by atoms with Gasteiger partial charge in [0.1, 0.15) is 0 Å². The summed E-state index contributed by atoms with van der Waals surface area (Å²) in [5.74, 6) is 2.53. The predicted octanol–water partition coefficient (Wildman–Crippen LogP) is 7.40. The monoisotopic (exact) mass is 354 g/mol. The van der Waals surface area contributed by atoms with Crippen LogP contribution in [0.2, 0.25) is 0 Å². The van der Waals surface area contributed by atoms with E-state index in [1.54, 1.807) is 0 Å². The molecule has 0 rings (SSSR count). The Morgan fingerprint density at radius 1 is 0.680 bits per heavy atom. The van der Waals surface area contributed by atoms with Crippen LogP contribution in [0.1, 0.15) is 102 Å². The van der Waals surface area contributed by atoms with E-state index in [1.807, 2.05) is 0 Å². The Bertz CT molecular complexity index is 332. The van der Waals surface area contributed by atoms with Gasteiger partial charge in [0.2, 0.25) is 0 Å². The molecule has 0 spiro atoms. The highest BCUT2D eigenvalue weighted by atomic mass is 15.3. The highest BCUT2D eigenvalue weighted by molar-refractivity contribution is 4.75. The Morgan fingerprint density at radius 2 is 1.12 bits per heavy atom. The maximum Gasteiger partial charge on any atom is 0.0817 e. The molecule has 0 fully saturated rings. The fourth-order valence-corrected chi connectivity index (χ4v) is 4.89. The summed E-state index contributed by atoms with van der Waals surface area (Å²) in [6.45, 7) is 31.8. The van der Waals surface area contributed by atoms with Gasteiger partial charge >= 0.3 is 0 Å². The fraction of sp³-hybridized carbons (Fsp3) is 1.00. The van der Waals surface area contributed by atoms with Gasteiger partial charge in [-0.3, -0.25) is 0 Å². The van der Waals surface area contributed by atoms with Crippen LogP contribution in [-0.4, -0.2) is 30.7 Å². The Hall–Kier alpha value is -0.0400. The van der Waals surface area contributed by atoms with Crippen molar-refractivity contribution in [3.8, 4) is 0 Å². The van der Waals surface area contributed by atoms with E-state index < -0.39 is 0 Å². The van der Waals surface area contributed by atoms with Gasteiger partial charge in [0.15, 0.2) is 0 Å². The third-order valence-corrected chi connectivity index (χ3v) is 6.36. The molecule has 0 aromatic carbocycles. The molecule has 0 heterocycles. The van der Waals surface area contributed by atoms with Gasteiger partial charge in [-0.15, -0.1) is 0 Å². The summed E-state index contributed by atoms with van der Waals surface area (Å²) in [6.07, 6.45) is 5.51. The summed E-state index contributed by atoms with van der Waals surface area (Å²) in [6, 6.07) is 0. The molecule has 1 nitrogen and oxygen atoms in total. The smallest absolute Gasteiger partial charge is 0.0817 e. The van der Waals surface area contributed by atoms with E-state index in [4.69, 9.17) is 0 Å². The van der Waals surface area contributed by atoms with Crippen molar-refractivity contribution in [2.24, 2.45) is 28.6 Å². The lowest BCUT2D eigenvalue weighted by Crippen LogP contribution is -2.51. The second-order valence-electron chi connectivity index (χ2n) is 11.4. The highest BCUT2D eigenvalue weighted by Gasteiger charge is 2.31. The molecule has 25 heavy (non-hydrogen) atoms. The van der Waals surface area contributed by atoms with Crippen LogP contribution in [0.15, 0.2) is 0 Å². The lowest BCUT2D eigenvalue weighted by molar-refractivity contribution is -0.926. The summed E-state index contributed by atoms with van der Waals surface area (Å²) < 4.78 is 1.30. The average molecular weight is 355 g/mol. The first-order chi connectivity index (χ1) is 11.3.